The molecule has 21 heavy (non-hydrogen) atoms. The van der Waals surface area contributed by atoms with E-state index in [4.69, 9.17) is 4.74 Å². The van der Waals surface area contributed by atoms with E-state index in [1.54, 1.807) is 0 Å². The van der Waals surface area contributed by atoms with Gasteiger partial charge in [0.25, 0.3) is 0 Å². The number of carbonyl (C=O) groups excluding carboxylic acids is 1. The van der Waals surface area contributed by atoms with E-state index in [1.165, 1.54) is 12.8 Å². The summed E-state index contributed by atoms with van der Waals surface area (Å²) in [5.74, 6) is 0.349. The largest absolute Gasteiger partial charge is 0.378 e. The van der Waals surface area contributed by atoms with Gasteiger partial charge < -0.3 is 15.0 Å². The second kappa shape index (κ2) is 6.79. The average Bonchev–Trinajstić information content (AvgIpc) is 3.03. The van der Waals surface area contributed by atoms with Crippen LogP contribution in [0.1, 0.15) is 25.7 Å². The maximum absolute atomic E-state index is 12.4. The number of ether oxygens (including phenoxy) is 1. The molecule has 3 rings (SSSR count). The Labute approximate surface area is 134 Å². The Kier molecular flexibility index (Phi) is 4.80. The summed E-state index contributed by atoms with van der Waals surface area (Å²) in [6, 6.07) is 6.09. The van der Waals surface area contributed by atoms with Crippen LogP contribution in [0.15, 0.2) is 22.7 Å². The van der Waals surface area contributed by atoms with Gasteiger partial charge in [-0.25, -0.2) is 0 Å². The summed E-state index contributed by atoms with van der Waals surface area (Å²) in [6.45, 7) is 3.22. The first-order valence-electron chi connectivity index (χ1n) is 7.67. The average molecular weight is 353 g/mol. The van der Waals surface area contributed by atoms with Crippen LogP contribution in [0.25, 0.3) is 0 Å². The maximum Gasteiger partial charge on any atom is 0.227 e. The van der Waals surface area contributed by atoms with Crippen molar-refractivity contribution in [2.45, 2.75) is 25.7 Å². The molecule has 0 radical (unpaired) electrons. The topological polar surface area (TPSA) is 41.6 Å². The van der Waals surface area contributed by atoms with Crippen LogP contribution in [0, 0.1) is 5.92 Å². The quantitative estimate of drug-likeness (QED) is 0.906. The summed E-state index contributed by atoms with van der Waals surface area (Å²) >= 11 is 3.50. The lowest BCUT2D eigenvalue weighted by Crippen LogP contribution is -2.37. The van der Waals surface area contributed by atoms with Gasteiger partial charge in [0.15, 0.2) is 0 Å². The number of hydrogen-bond donors (Lipinski definition) is 1. The van der Waals surface area contributed by atoms with Gasteiger partial charge in [0.1, 0.15) is 0 Å². The van der Waals surface area contributed by atoms with E-state index in [1.807, 2.05) is 12.1 Å². The number of hydrogen-bond acceptors (Lipinski definition) is 3. The van der Waals surface area contributed by atoms with E-state index in [9.17, 15) is 4.79 Å². The molecule has 1 amide bonds. The van der Waals surface area contributed by atoms with Crippen LogP contribution in [0.4, 0.5) is 11.4 Å². The lowest BCUT2D eigenvalue weighted by atomic mass is 10.1. The lowest BCUT2D eigenvalue weighted by Gasteiger charge is -2.30. The minimum absolute atomic E-state index is 0.167. The highest BCUT2D eigenvalue weighted by Crippen LogP contribution is 2.32. The van der Waals surface area contributed by atoms with Crippen molar-refractivity contribution in [3.05, 3.63) is 22.7 Å². The van der Waals surface area contributed by atoms with Crippen molar-refractivity contribution in [3.8, 4) is 0 Å². The highest BCUT2D eigenvalue weighted by atomic mass is 79.9. The van der Waals surface area contributed by atoms with Crippen molar-refractivity contribution in [1.29, 1.82) is 0 Å². The Hall–Kier alpha value is -1.07. The van der Waals surface area contributed by atoms with E-state index in [2.05, 4.69) is 32.2 Å². The molecule has 1 heterocycles. The monoisotopic (exact) mass is 352 g/mol. The Morgan fingerprint density at radius 2 is 1.95 bits per heavy atom. The van der Waals surface area contributed by atoms with Gasteiger partial charge in [-0.05, 0) is 31.0 Å². The number of anilines is 2. The van der Waals surface area contributed by atoms with Crippen molar-refractivity contribution in [2.24, 2.45) is 5.92 Å². The van der Waals surface area contributed by atoms with Gasteiger partial charge in [0, 0.05) is 23.5 Å². The minimum atomic E-state index is 0.167. The second-order valence-electron chi connectivity index (χ2n) is 5.73. The van der Waals surface area contributed by atoms with Crippen LogP contribution in [-0.2, 0) is 9.53 Å². The fraction of sp³-hybridized carbons (Fsp3) is 0.562. The molecular weight excluding hydrogens is 332 g/mol. The van der Waals surface area contributed by atoms with Crippen LogP contribution >= 0.6 is 15.9 Å². The van der Waals surface area contributed by atoms with E-state index in [0.29, 0.717) is 0 Å². The molecule has 0 atom stereocenters. The molecule has 1 saturated heterocycles. The van der Waals surface area contributed by atoms with E-state index >= 15 is 0 Å². The molecule has 1 aliphatic heterocycles. The van der Waals surface area contributed by atoms with Crippen LogP contribution in [0.2, 0.25) is 0 Å². The molecule has 4 nitrogen and oxygen atoms in total. The Morgan fingerprint density at radius 1 is 1.24 bits per heavy atom. The van der Waals surface area contributed by atoms with Gasteiger partial charge in [0.2, 0.25) is 5.91 Å². The maximum atomic E-state index is 12.4. The van der Waals surface area contributed by atoms with Crippen molar-refractivity contribution >= 4 is 33.2 Å². The number of nitrogens with zero attached hydrogens (tertiary/aromatic N) is 1. The van der Waals surface area contributed by atoms with Crippen LogP contribution in [-0.4, -0.2) is 32.2 Å². The van der Waals surface area contributed by atoms with Crippen LogP contribution in [0.5, 0.6) is 0 Å². The molecule has 1 aromatic carbocycles. The third kappa shape index (κ3) is 3.58. The van der Waals surface area contributed by atoms with Crippen molar-refractivity contribution in [3.63, 3.8) is 0 Å². The van der Waals surface area contributed by atoms with E-state index in [0.717, 1.165) is 55.0 Å². The number of amides is 1. The number of benzene rings is 1. The molecule has 114 valence electrons. The fourth-order valence-corrected chi connectivity index (χ4v) is 3.47. The van der Waals surface area contributed by atoms with Crippen LogP contribution < -0.4 is 10.2 Å². The molecule has 2 fully saturated rings. The number of nitrogens with one attached hydrogen (secondary N) is 1. The molecule has 2 aliphatic rings. The Balaban J connectivity index is 1.78. The molecule has 1 saturated carbocycles. The minimum Gasteiger partial charge on any atom is -0.378 e. The molecule has 1 aliphatic carbocycles. The lowest BCUT2D eigenvalue weighted by molar-refractivity contribution is -0.119. The van der Waals surface area contributed by atoms with Gasteiger partial charge in [-0.15, -0.1) is 0 Å². The highest BCUT2D eigenvalue weighted by Gasteiger charge is 2.24. The second-order valence-corrected chi connectivity index (χ2v) is 6.65. The van der Waals surface area contributed by atoms with Gasteiger partial charge in [-0.1, -0.05) is 28.8 Å². The Bertz CT molecular complexity index is 509. The molecule has 1 aromatic rings. The molecule has 0 bridgehead atoms. The van der Waals surface area contributed by atoms with Gasteiger partial charge >= 0.3 is 0 Å². The van der Waals surface area contributed by atoms with Crippen molar-refractivity contribution in [2.75, 3.05) is 36.5 Å². The first-order chi connectivity index (χ1) is 10.2. The summed E-state index contributed by atoms with van der Waals surface area (Å²) in [5.41, 5.74) is 2.00. The van der Waals surface area contributed by atoms with Crippen LogP contribution in [0.3, 0.4) is 0 Å². The van der Waals surface area contributed by atoms with Gasteiger partial charge in [0.05, 0.1) is 24.6 Å². The SMILES string of the molecule is O=C(Nc1cc(Br)ccc1N1CCOCC1)C1CCCC1. The molecular formula is C16H21BrN2O2. The van der Waals surface area contributed by atoms with E-state index < -0.39 is 0 Å². The summed E-state index contributed by atoms with van der Waals surface area (Å²) in [5, 5.41) is 3.14. The van der Waals surface area contributed by atoms with Gasteiger partial charge in [-0.2, -0.15) is 0 Å². The summed E-state index contributed by atoms with van der Waals surface area (Å²) < 4.78 is 6.40. The zero-order valence-corrected chi connectivity index (χ0v) is 13.7. The predicted molar refractivity (Wildman–Crippen MR) is 87.8 cm³/mol. The highest BCUT2D eigenvalue weighted by molar-refractivity contribution is 9.10. The summed E-state index contributed by atoms with van der Waals surface area (Å²) in [4.78, 5) is 14.7. The van der Waals surface area contributed by atoms with Crippen molar-refractivity contribution < 1.29 is 9.53 Å². The molecule has 5 heteroatoms. The van der Waals surface area contributed by atoms with E-state index in [-0.39, 0.29) is 11.8 Å². The molecule has 0 unspecified atom stereocenters. The summed E-state index contributed by atoms with van der Waals surface area (Å²) in [7, 11) is 0. The zero-order chi connectivity index (χ0) is 14.7. The standard InChI is InChI=1S/C16H21BrN2O2/c17-13-5-6-15(19-7-9-21-10-8-19)14(11-13)18-16(20)12-3-1-2-4-12/h5-6,11-12H,1-4,7-10H2,(H,18,20). The number of halogens is 1. The molecule has 1 N–H and O–H groups in total. The first kappa shape index (κ1) is 14.9. The third-order valence-corrected chi connectivity index (χ3v) is 4.79. The van der Waals surface area contributed by atoms with Crippen molar-refractivity contribution in [1.82, 2.24) is 0 Å². The first-order valence-corrected chi connectivity index (χ1v) is 8.46. The number of carbonyl (C=O) groups is 1. The van der Waals surface area contributed by atoms with Gasteiger partial charge in [-0.3, -0.25) is 4.79 Å². The molecule has 0 aromatic heterocycles. The normalized spacial score (nSPS) is 19.8. The number of morpholine rings is 1. The number of rotatable bonds is 3. The Morgan fingerprint density at radius 3 is 2.67 bits per heavy atom. The smallest absolute Gasteiger partial charge is 0.227 e. The summed E-state index contributed by atoms with van der Waals surface area (Å²) in [6.07, 6.45) is 4.39. The molecule has 0 spiro atoms. The fourth-order valence-electron chi connectivity index (χ4n) is 3.11. The third-order valence-electron chi connectivity index (χ3n) is 4.29. The predicted octanol–water partition coefficient (Wildman–Crippen LogP) is 3.41. The zero-order valence-electron chi connectivity index (χ0n) is 12.1.